The number of hydrogen-bond acceptors (Lipinski definition) is 6. The lowest BCUT2D eigenvalue weighted by Crippen LogP contribution is -2.30. The number of thiazole rings is 1. The number of likely N-dealkylation sites (tertiary alicyclic amines) is 1. The van der Waals surface area contributed by atoms with E-state index in [9.17, 15) is 4.79 Å². The standard InChI is InChI=1S/C19H22N4O2S/c1-12(2)18-21-19(25-22-18)14-7-5-11-23(14)17(24)10-9-16-20-13-6-3-4-8-15(13)26-16/h3-4,6,8,12,14H,5,7,9-11H2,1-2H3/t14-/m0/s1. The van der Waals surface area contributed by atoms with Crippen molar-refractivity contribution in [3.63, 3.8) is 0 Å². The summed E-state index contributed by atoms with van der Waals surface area (Å²) in [6.45, 7) is 4.82. The van der Waals surface area contributed by atoms with Crippen LogP contribution >= 0.6 is 11.3 Å². The molecule has 3 heterocycles. The molecule has 4 rings (SSSR count). The number of amides is 1. The molecule has 1 aromatic carbocycles. The number of carbonyl (C=O) groups excluding carboxylic acids is 1. The normalized spacial score (nSPS) is 17.5. The summed E-state index contributed by atoms with van der Waals surface area (Å²) in [5.41, 5.74) is 1.01. The molecular weight excluding hydrogens is 348 g/mol. The van der Waals surface area contributed by atoms with Crippen LogP contribution in [0.25, 0.3) is 10.2 Å². The van der Waals surface area contributed by atoms with Crippen LogP contribution < -0.4 is 0 Å². The minimum atomic E-state index is -0.0853. The van der Waals surface area contributed by atoms with Crippen molar-refractivity contribution >= 4 is 27.5 Å². The Morgan fingerprint density at radius 2 is 2.19 bits per heavy atom. The number of hydrogen-bond donors (Lipinski definition) is 0. The molecule has 6 nitrogen and oxygen atoms in total. The first-order chi connectivity index (χ1) is 12.6. The number of fused-ring (bicyclic) bond motifs is 1. The number of aromatic nitrogens is 3. The molecule has 1 amide bonds. The van der Waals surface area contributed by atoms with E-state index < -0.39 is 0 Å². The third kappa shape index (κ3) is 3.35. The van der Waals surface area contributed by atoms with Gasteiger partial charge < -0.3 is 9.42 Å². The van der Waals surface area contributed by atoms with Crippen molar-refractivity contribution in [3.8, 4) is 0 Å². The maximum atomic E-state index is 12.8. The second-order valence-corrected chi connectivity index (χ2v) is 8.08. The number of rotatable bonds is 5. The lowest BCUT2D eigenvalue weighted by molar-refractivity contribution is -0.132. The molecular formula is C19H22N4O2S. The van der Waals surface area contributed by atoms with Crippen molar-refractivity contribution in [2.24, 2.45) is 0 Å². The van der Waals surface area contributed by atoms with Crippen LogP contribution in [0.15, 0.2) is 28.8 Å². The van der Waals surface area contributed by atoms with Gasteiger partial charge in [-0.05, 0) is 25.0 Å². The molecule has 0 N–H and O–H groups in total. The van der Waals surface area contributed by atoms with Crippen LogP contribution in [-0.4, -0.2) is 32.5 Å². The van der Waals surface area contributed by atoms with Gasteiger partial charge in [0.2, 0.25) is 11.8 Å². The molecule has 0 aliphatic carbocycles. The Morgan fingerprint density at radius 1 is 1.35 bits per heavy atom. The van der Waals surface area contributed by atoms with Crippen LogP contribution in [0.2, 0.25) is 0 Å². The van der Waals surface area contributed by atoms with E-state index in [0.29, 0.717) is 24.6 Å². The predicted molar refractivity (Wildman–Crippen MR) is 100 cm³/mol. The van der Waals surface area contributed by atoms with E-state index in [2.05, 4.69) is 21.2 Å². The van der Waals surface area contributed by atoms with Crippen molar-refractivity contribution in [1.82, 2.24) is 20.0 Å². The lowest BCUT2D eigenvalue weighted by atomic mass is 10.2. The molecule has 7 heteroatoms. The largest absolute Gasteiger partial charge is 0.337 e. The predicted octanol–water partition coefficient (Wildman–Crippen LogP) is 4.10. The summed E-state index contributed by atoms with van der Waals surface area (Å²) in [6, 6.07) is 7.99. The molecule has 136 valence electrons. The van der Waals surface area contributed by atoms with Gasteiger partial charge in [0.1, 0.15) is 6.04 Å². The summed E-state index contributed by atoms with van der Waals surface area (Å²) in [4.78, 5) is 23.8. The molecule has 0 bridgehead atoms. The first kappa shape index (κ1) is 17.1. The van der Waals surface area contributed by atoms with Crippen molar-refractivity contribution in [3.05, 3.63) is 41.0 Å². The number of aryl methyl sites for hydroxylation is 1. The average molecular weight is 370 g/mol. The van der Waals surface area contributed by atoms with Gasteiger partial charge in [0.15, 0.2) is 5.82 Å². The molecule has 1 atom stereocenters. The van der Waals surface area contributed by atoms with Gasteiger partial charge in [-0.25, -0.2) is 4.98 Å². The molecule has 1 aliphatic rings. The Kier molecular flexibility index (Phi) is 4.72. The number of carbonyl (C=O) groups is 1. The number of nitrogens with zero attached hydrogens (tertiary/aromatic N) is 4. The van der Waals surface area contributed by atoms with Crippen LogP contribution in [0.3, 0.4) is 0 Å². The second-order valence-electron chi connectivity index (χ2n) is 6.97. The van der Waals surface area contributed by atoms with Gasteiger partial charge in [-0.15, -0.1) is 11.3 Å². The molecule has 0 radical (unpaired) electrons. The summed E-state index contributed by atoms with van der Waals surface area (Å²) in [7, 11) is 0. The van der Waals surface area contributed by atoms with Crippen LogP contribution in [0.5, 0.6) is 0 Å². The average Bonchev–Trinajstić information content (AvgIpc) is 3.37. The van der Waals surface area contributed by atoms with Gasteiger partial charge in [-0.2, -0.15) is 4.98 Å². The molecule has 0 saturated carbocycles. The molecule has 1 saturated heterocycles. The van der Waals surface area contributed by atoms with E-state index in [4.69, 9.17) is 4.52 Å². The van der Waals surface area contributed by atoms with E-state index in [1.54, 1.807) is 11.3 Å². The summed E-state index contributed by atoms with van der Waals surface area (Å²) in [5.74, 6) is 1.63. The van der Waals surface area contributed by atoms with Gasteiger partial charge >= 0.3 is 0 Å². The monoisotopic (exact) mass is 370 g/mol. The summed E-state index contributed by atoms with van der Waals surface area (Å²) in [5, 5.41) is 5.05. The Hall–Kier alpha value is -2.28. The Morgan fingerprint density at radius 3 is 2.96 bits per heavy atom. The third-order valence-electron chi connectivity index (χ3n) is 4.72. The highest BCUT2D eigenvalue weighted by Crippen LogP contribution is 2.32. The van der Waals surface area contributed by atoms with Crippen LogP contribution in [0, 0.1) is 0 Å². The van der Waals surface area contributed by atoms with Gasteiger partial charge in [-0.1, -0.05) is 31.1 Å². The Balaban J connectivity index is 1.42. The molecule has 0 spiro atoms. The van der Waals surface area contributed by atoms with Gasteiger partial charge in [0.25, 0.3) is 0 Å². The highest BCUT2D eigenvalue weighted by atomic mass is 32.1. The molecule has 26 heavy (non-hydrogen) atoms. The molecule has 1 aliphatic heterocycles. The lowest BCUT2D eigenvalue weighted by Gasteiger charge is -2.21. The summed E-state index contributed by atoms with van der Waals surface area (Å²) in [6.07, 6.45) is 2.98. The van der Waals surface area contributed by atoms with Gasteiger partial charge in [0, 0.05) is 25.3 Å². The fourth-order valence-electron chi connectivity index (χ4n) is 3.32. The maximum absolute atomic E-state index is 12.8. The quantitative estimate of drug-likeness (QED) is 0.676. The third-order valence-corrected chi connectivity index (χ3v) is 5.82. The Bertz CT molecular complexity index is 884. The van der Waals surface area contributed by atoms with Crippen molar-refractivity contribution in [1.29, 1.82) is 0 Å². The maximum Gasteiger partial charge on any atom is 0.249 e. The Labute approximate surface area is 156 Å². The van der Waals surface area contributed by atoms with Crippen LogP contribution in [0.1, 0.15) is 61.8 Å². The highest BCUT2D eigenvalue weighted by molar-refractivity contribution is 7.18. The first-order valence-electron chi connectivity index (χ1n) is 9.09. The van der Waals surface area contributed by atoms with Crippen LogP contribution in [0.4, 0.5) is 0 Å². The fourth-order valence-corrected chi connectivity index (χ4v) is 4.29. The molecule has 2 aromatic heterocycles. The van der Waals surface area contributed by atoms with Crippen molar-refractivity contribution in [2.75, 3.05) is 6.54 Å². The van der Waals surface area contributed by atoms with Gasteiger partial charge in [0.05, 0.1) is 15.2 Å². The van der Waals surface area contributed by atoms with E-state index in [1.165, 1.54) is 4.70 Å². The minimum Gasteiger partial charge on any atom is -0.337 e. The minimum absolute atomic E-state index is 0.0853. The number of para-hydroxylation sites is 1. The number of benzene rings is 1. The topological polar surface area (TPSA) is 72.1 Å². The second kappa shape index (κ2) is 7.15. The van der Waals surface area contributed by atoms with Crippen molar-refractivity contribution < 1.29 is 9.32 Å². The van der Waals surface area contributed by atoms with E-state index >= 15 is 0 Å². The molecule has 3 aromatic rings. The SMILES string of the molecule is CC(C)c1noc([C@@H]2CCCN2C(=O)CCc2nc3ccccc3s2)n1. The zero-order chi connectivity index (χ0) is 18.1. The van der Waals surface area contributed by atoms with Gasteiger partial charge in [-0.3, -0.25) is 4.79 Å². The van der Waals surface area contributed by atoms with E-state index in [0.717, 1.165) is 29.9 Å². The van der Waals surface area contributed by atoms with E-state index in [1.807, 2.05) is 36.9 Å². The van der Waals surface area contributed by atoms with Crippen LogP contribution in [-0.2, 0) is 11.2 Å². The smallest absolute Gasteiger partial charge is 0.249 e. The van der Waals surface area contributed by atoms with Crippen molar-refractivity contribution in [2.45, 2.75) is 51.5 Å². The zero-order valence-corrected chi connectivity index (χ0v) is 15.8. The fraction of sp³-hybridized carbons (Fsp3) is 0.474. The molecule has 1 fully saturated rings. The first-order valence-corrected chi connectivity index (χ1v) is 9.91. The summed E-state index contributed by atoms with van der Waals surface area (Å²) < 4.78 is 6.60. The van der Waals surface area contributed by atoms with E-state index in [-0.39, 0.29) is 17.9 Å². The highest BCUT2D eigenvalue weighted by Gasteiger charge is 2.34. The molecule has 0 unspecified atom stereocenters. The zero-order valence-electron chi connectivity index (χ0n) is 15.0. The summed E-state index contributed by atoms with van der Waals surface area (Å²) >= 11 is 1.66.